The van der Waals surface area contributed by atoms with Crippen molar-refractivity contribution in [3.63, 3.8) is 0 Å². The Labute approximate surface area is 425 Å². The second-order valence-electron chi connectivity index (χ2n) is 14.4. The summed E-state index contributed by atoms with van der Waals surface area (Å²) in [4.78, 5) is 66.0. The number of esters is 4. The number of benzene rings is 4. The van der Waals surface area contributed by atoms with Gasteiger partial charge in [-0.3, -0.25) is 4.79 Å². The first-order valence-corrected chi connectivity index (χ1v) is 21.8. The number of carbonyl (C=O) groups excluding carboxylic acids is 4. The second-order valence-corrected chi connectivity index (χ2v) is 14.4. The lowest BCUT2D eigenvalue weighted by molar-refractivity contribution is -0.163. The van der Waals surface area contributed by atoms with E-state index >= 15 is 0 Å². The molecule has 0 saturated carbocycles. The Bertz CT molecular complexity index is 2860. The molecule has 0 aliphatic carbocycles. The van der Waals surface area contributed by atoms with Gasteiger partial charge in [0, 0.05) is 36.5 Å². The predicted octanol–water partition coefficient (Wildman–Crippen LogP) is 8.48. The van der Waals surface area contributed by atoms with Crippen LogP contribution in [-0.2, 0) is 61.8 Å². The quantitative estimate of drug-likeness (QED) is 0.0203. The molecule has 0 radical (unpaired) electrons. The number of ether oxygens (including phenoxy) is 13. The van der Waals surface area contributed by atoms with Crippen molar-refractivity contribution in [3.05, 3.63) is 163 Å². The molecule has 74 heavy (non-hydrogen) atoms. The van der Waals surface area contributed by atoms with E-state index < -0.39 is 36.1 Å². The van der Waals surface area contributed by atoms with Gasteiger partial charge in [0.2, 0.25) is 23.5 Å². The van der Waals surface area contributed by atoms with Gasteiger partial charge in [-0.05, 0) is 24.3 Å². The zero-order valence-electron chi connectivity index (χ0n) is 41.7. The molecular formula is C53H52N4O17. The minimum Gasteiger partial charge on any atom is -0.503 e. The lowest BCUT2D eigenvalue weighted by atomic mass is 9.97. The zero-order valence-corrected chi connectivity index (χ0v) is 41.7. The standard InChI is InChI=1S/C27H28N2O9.C26H24N2O8/c1-32-15-19(25(30)33-2)17-10-6-8-12-20(17)37-22-14-23(29-16-28-22)38-21-13-9-7-11-18(21)24(26(31)34-3)27(35-4)36-5;1-31-14-19(25(29)33-3)17-9-5-7-11-21(17)35-23-13-24(28-16-27-23)36-22-12-8-6-10-18(22)20(15-32-2)26(30)34-4/h6-16,24,27H,1-5H3;5-16H,1-4H3/b19-15+;19-14+,20-15+. The van der Waals surface area contributed by atoms with Crippen molar-refractivity contribution >= 4 is 40.6 Å². The van der Waals surface area contributed by atoms with Crippen LogP contribution < -0.4 is 18.9 Å². The summed E-state index contributed by atoms with van der Waals surface area (Å²) in [6.45, 7) is 0. The smallest absolute Gasteiger partial charge is 0.341 e. The fraction of sp³-hybridized carbons (Fsp3) is 0.208. The summed E-state index contributed by atoms with van der Waals surface area (Å²) in [5.41, 5.74) is 2.25. The highest BCUT2D eigenvalue weighted by atomic mass is 16.7. The number of methoxy groups -OCH3 is 9. The third kappa shape index (κ3) is 14.6. The molecule has 4 aromatic carbocycles. The molecule has 0 bridgehead atoms. The molecule has 0 N–H and O–H groups in total. The SMILES string of the molecule is CO/C=C(/C(=O)OC)c1ccccc1Oc1cc(Oc2ccccc2/C(=C\OC)C(=O)OC)ncn1.CO/C=C(/C(=O)OC)c1ccccc1Oc1cc(Oc2ccccc2C(C(=O)OC)C(OC)OC)ncn1. The van der Waals surface area contributed by atoms with E-state index in [1.807, 2.05) is 0 Å². The summed E-state index contributed by atoms with van der Waals surface area (Å²) >= 11 is 0. The number of hydrogen-bond donors (Lipinski definition) is 0. The molecule has 6 aromatic rings. The molecule has 0 aliphatic heterocycles. The maximum absolute atomic E-state index is 12.6. The maximum atomic E-state index is 12.6. The second kappa shape index (κ2) is 28.5. The highest BCUT2D eigenvalue weighted by Crippen LogP contribution is 2.37. The van der Waals surface area contributed by atoms with Crippen molar-refractivity contribution < 1.29 is 80.8 Å². The van der Waals surface area contributed by atoms with Crippen LogP contribution >= 0.6 is 0 Å². The molecule has 2 aromatic heterocycles. The Morgan fingerprint density at radius 1 is 0.405 bits per heavy atom. The molecule has 6 rings (SSSR count). The highest BCUT2D eigenvalue weighted by molar-refractivity contribution is 6.18. The van der Waals surface area contributed by atoms with Crippen LogP contribution in [0, 0.1) is 0 Å². The topological polar surface area (TPSA) is 240 Å². The summed E-state index contributed by atoms with van der Waals surface area (Å²) in [7, 11) is 12.2. The van der Waals surface area contributed by atoms with E-state index in [0.717, 1.165) is 0 Å². The van der Waals surface area contributed by atoms with Gasteiger partial charge >= 0.3 is 23.9 Å². The van der Waals surface area contributed by atoms with Gasteiger partial charge in [0.05, 0.1) is 80.7 Å². The van der Waals surface area contributed by atoms with Crippen LogP contribution in [0.5, 0.6) is 46.5 Å². The monoisotopic (exact) mass is 1020 g/mol. The largest absolute Gasteiger partial charge is 0.503 e. The van der Waals surface area contributed by atoms with E-state index in [2.05, 4.69) is 19.9 Å². The van der Waals surface area contributed by atoms with Gasteiger partial charge in [0.25, 0.3) is 0 Å². The van der Waals surface area contributed by atoms with Crippen molar-refractivity contribution in [1.29, 1.82) is 0 Å². The lowest BCUT2D eigenvalue weighted by Crippen LogP contribution is -2.30. The van der Waals surface area contributed by atoms with Crippen LogP contribution in [0.2, 0.25) is 0 Å². The first kappa shape index (κ1) is 55.6. The third-order valence-corrected chi connectivity index (χ3v) is 9.99. The van der Waals surface area contributed by atoms with Gasteiger partial charge in [-0.25, -0.2) is 34.3 Å². The first-order chi connectivity index (χ1) is 36.0. The van der Waals surface area contributed by atoms with Crippen LogP contribution in [0.25, 0.3) is 16.7 Å². The minimum absolute atomic E-state index is 0.135. The number of aromatic nitrogens is 4. The summed E-state index contributed by atoms with van der Waals surface area (Å²) in [5, 5.41) is 0. The minimum atomic E-state index is -0.931. The van der Waals surface area contributed by atoms with Crippen molar-refractivity contribution in [2.45, 2.75) is 12.2 Å². The molecule has 386 valence electrons. The molecule has 0 fully saturated rings. The Hall–Kier alpha value is -9.34. The van der Waals surface area contributed by atoms with E-state index in [9.17, 15) is 19.2 Å². The van der Waals surface area contributed by atoms with Crippen LogP contribution in [0.3, 0.4) is 0 Å². The summed E-state index contributed by atoms with van der Waals surface area (Å²) < 4.78 is 69.2. The van der Waals surface area contributed by atoms with Crippen molar-refractivity contribution in [2.24, 2.45) is 0 Å². The van der Waals surface area contributed by atoms with Gasteiger partial charge in [-0.1, -0.05) is 72.8 Å². The normalized spacial score (nSPS) is 11.7. The van der Waals surface area contributed by atoms with Gasteiger partial charge in [0.1, 0.15) is 58.3 Å². The van der Waals surface area contributed by atoms with Gasteiger partial charge in [-0.2, -0.15) is 0 Å². The highest BCUT2D eigenvalue weighted by Gasteiger charge is 2.34. The number of carbonyl (C=O) groups is 4. The fourth-order valence-electron chi connectivity index (χ4n) is 6.71. The fourth-order valence-corrected chi connectivity index (χ4v) is 6.71. The molecular weight excluding hydrogens is 965 g/mol. The Morgan fingerprint density at radius 3 is 1.03 bits per heavy atom. The molecule has 1 atom stereocenters. The number of rotatable bonds is 22. The Balaban J connectivity index is 0.000000274. The lowest BCUT2D eigenvalue weighted by Gasteiger charge is -2.24. The van der Waals surface area contributed by atoms with Gasteiger partial charge in [-0.15, -0.1) is 0 Å². The van der Waals surface area contributed by atoms with E-state index in [0.29, 0.717) is 45.3 Å². The van der Waals surface area contributed by atoms with Crippen molar-refractivity contribution in [2.75, 3.05) is 64.0 Å². The summed E-state index contributed by atoms with van der Waals surface area (Å²) in [6, 6.07) is 30.3. The van der Waals surface area contributed by atoms with Crippen LogP contribution in [0.1, 0.15) is 28.2 Å². The molecule has 21 nitrogen and oxygen atoms in total. The van der Waals surface area contributed by atoms with Crippen LogP contribution in [0.15, 0.2) is 141 Å². The summed E-state index contributed by atoms with van der Waals surface area (Å²) in [6.07, 6.45) is 5.40. The number of nitrogens with zero attached hydrogens (tertiary/aromatic N) is 4. The molecule has 21 heteroatoms. The number of hydrogen-bond acceptors (Lipinski definition) is 21. The van der Waals surface area contributed by atoms with E-state index in [-0.39, 0.29) is 40.2 Å². The van der Waals surface area contributed by atoms with Crippen LogP contribution in [-0.4, -0.2) is 114 Å². The molecule has 1 unspecified atom stereocenters. The Morgan fingerprint density at radius 2 is 0.716 bits per heavy atom. The van der Waals surface area contributed by atoms with Crippen molar-refractivity contribution in [1.82, 2.24) is 19.9 Å². The van der Waals surface area contributed by atoms with Gasteiger partial charge in [0.15, 0.2) is 6.29 Å². The van der Waals surface area contributed by atoms with Crippen molar-refractivity contribution in [3.8, 4) is 46.5 Å². The molecule has 0 spiro atoms. The maximum Gasteiger partial charge on any atom is 0.341 e. The van der Waals surface area contributed by atoms with E-state index in [4.69, 9.17) is 61.6 Å². The number of para-hydroxylation sites is 4. The Kier molecular flexibility index (Phi) is 21.4. The average Bonchev–Trinajstić information content (AvgIpc) is 3.43. The summed E-state index contributed by atoms with van der Waals surface area (Å²) in [5.74, 6) is -1.43. The zero-order chi connectivity index (χ0) is 53.4. The molecule has 0 saturated heterocycles. The van der Waals surface area contributed by atoms with E-state index in [1.54, 1.807) is 97.1 Å². The van der Waals surface area contributed by atoms with Crippen LogP contribution in [0.4, 0.5) is 0 Å². The van der Waals surface area contributed by atoms with Gasteiger partial charge < -0.3 is 61.6 Å². The molecule has 0 aliphatic rings. The molecule has 0 amide bonds. The third-order valence-electron chi connectivity index (χ3n) is 9.99. The predicted molar refractivity (Wildman–Crippen MR) is 264 cm³/mol. The first-order valence-electron chi connectivity index (χ1n) is 21.8. The molecule has 2 heterocycles. The van der Waals surface area contributed by atoms with E-state index in [1.165, 1.54) is 108 Å². The average molecular weight is 1020 g/mol.